The van der Waals surface area contributed by atoms with Gasteiger partial charge in [0.05, 0.1) is 19.5 Å². The predicted octanol–water partition coefficient (Wildman–Crippen LogP) is 2.57. The zero-order valence-electron chi connectivity index (χ0n) is 11.4. The number of amides is 1. The van der Waals surface area contributed by atoms with Gasteiger partial charge >= 0.3 is 0 Å². The van der Waals surface area contributed by atoms with E-state index in [1.807, 2.05) is 23.6 Å². The van der Waals surface area contributed by atoms with E-state index in [0.717, 1.165) is 16.0 Å². The molecule has 1 aromatic heterocycles. The molecule has 3 nitrogen and oxygen atoms in total. The third kappa shape index (κ3) is 4.91. The van der Waals surface area contributed by atoms with Gasteiger partial charge in [-0.1, -0.05) is 35.6 Å². The molecule has 108 valence electrons. The number of carbonyl (C=O) groups is 1. The Morgan fingerprint density at radius 2 is 2.24 bits per heavy atom. The van der Waals surface area contributed by atoms with Crippen LogP contribution in [-0.4, -0.2) is 12.5 Å². The van der Waals surface area contributed by atoms with Crippen LogP contribution in [0.2, 0.25) is 5.02 Å². The van der Waals surface area contributed by atoms with Crippen LogP contribution in [0, 0.1) is 11.8 Å². The number of rotatable bonds is 4. The van der Waals surface area contributed by atoms with Crippen molar-refractivity contribution in [3.63, 3.8) is 0 Å². The van der Waals surface area contributed by atoms with Crippen molar-refractivity contribution in [3.8, 4) is 11.8 Å². The molecule has 2 rings (SSSR count). The molecule has 0 aliphatic carbocycles. The van der Waals surface area contributed by atoms with E-state index in [9.17, 15) is 4.79 Å². The molecule has 21 heavy (non-hydrogen) atoms. The summed E-state index contributed by atoms with van der Waals surface area (Å²) in [6.45, 7) is 0.808. The molecule has 0 aliphatic rings. The molecule has 0 atom stereocenters. The van der Waals surface area contributed by atoms with Gasteiger partial charge in [-0.2, -0.15) is 0 Å². The fourth-order valence-corrected chi connectivity index (χ4v) is 2.79. The Hall–Kier alpha value is -1.80. The normalized spacial score (nSPS) is 9.81. The highest BCUT2D eigenvalue weighted by Gasteiger charge is 2.06. The fourth-order valence-electron chi connectivity index (χ4n) is 1.81. The van der Waals surface area contributed by atoms with Gasteiger partial charge in [0.25, 0.3) is 0 Å². The van der Waals surface area contributed by atoms with Crippen LogP contribution in [0.4, 0.5) is 0 Å². The summed E-state index contributed by atoms with van der Waals surface area (Å²) in [6.07, 6.45) is 0.315. The molecule has 0 bridgehead atoms. The van der Waals surface area contributed by atoms with Gasteiger partial charge in [-0.25, -0.2) is 0 Å². The summed E-state index contributed by atoms with van der Waals surface area (Å²) < 4.78 is 0. The SMILES string of the molecule is NCC#Cc1ccsc1CNC(=O)Cc1cccc(Cl)c1. The Bertz CT molecular complexity index is 685. The molecule has 0 saturated carbocycles. The maximum Gasteiger partial charge on any atom is 0.224 e. The molecule has 5 heteroatoms. The molecule has 1 aromatic carbocycles. The standard InChI is InChI=1S/C16H15ClN2OS/c17-14-5-1-3-12(9-14)10-16(20)19-11-15-13(4-2-7-18)6-8-21-15/h1,3,5-6,8-9H,7,10-11,18H2,(H,19,20). The molecule has 0 saturated heterocycles. The molecule has 3 N–H and O–H groups in total. The Morgan fingerprint density at radius 1 is 1.38 bits per heavy atom. The molecule has 0 unspecified atom stereocenters. The van der Waals surface area contributed by atoms with Crippen molar-refractivity contribution >= 4 is 28.8 Å². The van der Waals surface area contributed by atoms with Crippen LogP contribution in [0.5, 0.6) is 0 Å². The van der Waals surface area contributed by atoms with Gasteiger partial charge in [0, 0.05) is 15.5 Å². The van der Waals surface area contributed by atoms with Gasteiger partial charge in [0.1, 0.15) is 0 Å². The third-order valence-corrected chi connectivity index (χ3v) is 3.93. The summed E-state index contributed by atoms with van der Waals surface area (Å²) in [7, 11) is 0. The lowest BCUT2D eigenvalue weighted by atomic mass is 10.1. The number of hydrogen-bond donors (Lipinski definition) is 2. The maximum atomic E-state index is 11.9. The third-order valence-electron chi connectivity index (χ3n) is 2.77. The average Bonchev–Trinajstić information content (AvgIpc) is 2.90. The lowest BCUT2D eigenvalue weighted by molar-refractivity contribution is -0.120. The lowest BCUT2D eigenvalue weighted by Crippen LogP contribution is -2.24. The highest BCUT2D eigenvalue weighted by molar-refractivity contribution is 7.10. The van der Waals surface area contributed by atoms with Crippen molar-refractivity contribution in [1.82, 2.24) is 5.32 Å². The van der Waals surface area contributed by atoms with Gasteiger partial charge in [0.15, 0.2) is 0 Å². The minimum atomic E-state index is -0.0385. The number of benzene rings is 1. The van der Waals surface area contributed by atoms with Crippen molar-refractivity contribution in [1.29, 1.82) is 0 Å². The zero-order chi connectivity index (χ0) is 15.1. The Kier molecular flexibility index (Phi) is 5.82. The number of hydrogen-bond acceptors (Lipinski definition) is 3. The van der Waals surface area contributed by atoms with E-state index in [1.54, 1.807) is 23.5 Å². The summed E-state index contributed by atoms with van der Waals surface area (Å²) in [5.74, 6) is 5.78. The predicted molar refractivity (Wildman–Crippen MR) is 87.3 cm³/mol. The van der Waals surface area contributed by atoms with E-state index >= 15 is 0 Å². The number of halogens is 1. The molecule has 2 aromatic rings. The second-order valence-corrected chi connectivity index (χ2v) is 5.78. The van der Waals surface area contributed by atoms with Gasteiger partial charge < -0.3 is 11.1 Å². The van der Waals surface area contributed by atoms with E-state index in [2.05, 4.69) is 17.2 Å². The summed E-state index contributed by atoms with van der Waals surface area (Å²) in [5.41, 5.74) is 7.19. The Morgan fingerprint density at radius 3 is 3.00 bits per heavy atom. The number of nitrogens with one attached hydrogen (secondary N) is 1. The molecule has 1 heterocycles. The first-order valence-corrected chi connectivity index (χ1v) is 7.71. The zero-order valence-corrected chi connectivity index (χ0v) is 12.9. The highest BCUT2D eigenvalue weighted by atomic mass is 35.5. The summed E-state index contributed by atoms with van der Waals surface area (Å²) in [4.78, 5) is 13.0. The van der Waals surface area contributed by atoms with Crippen molar-refractivity contribution in [2.24, 2.45) is 5.73 Å². The molecule has 0 radical (unpaired) electrons. The molecule has 0 spiro atoms. The molecule has 1 amide bonds. The lowest BCUT2D eigenvalue weighted by Gasteiger charge is -2.05. The second kappa shape index (κ2) is 7.84. The minimum Gasteiger partial charge on any atom is -0.351 e. The molecule has 0 fully saturated rings. The first-order chi connectivity index (χ1) is 10.2. The van der Waals surface area contributed by atoms with Gasteiger partial charge in [-0.15, -0.1) is 11.3 Å². The largest absolute Gasteiger partial charge is 0.351 e. The van der Waals surface area contributed by atoms with Gasteiger partial charge in [0.2, 0.25) is 5.91 Å². The monoisotopic (exact) mass is 318 g/mol. The van der Waals surface area contributed by atoms with Crippen molar-refractivity contribution in [2.75, 3.05) is 6.54 Å². The Balaban J connectivity index is 1.91. The topological polar surface area (TPSA) is 55.1 Å². The summed E-state index contributed by atoms with van der Waals surface area (Å²) in [5, 5.41) is 5.49. The van der Waals surface area contributed by atoms with Crippen LogP contribution in [0.1, 0.15) is 16.0 Å². The smallest absolute Gasteiger partial charge is 0.224 e. The van der Waals surface area contributed by atoms with Crippen molar-refractivity contribution in [2.45, 2.75) is 13.0 Å². The quantitative estimate of drug-likeness (QED) is 0.851. The minimum absolute atomic E-state index is 0.0385. The highest BCUT2D eigenvalue weighted by Crippen LogP contribution is 2.15. The fraction of sp³-hybridized carbons (Fsp3) is 0.188. The number of thiophene rings is 1. The van der Waals surface area contributed by atoms with E-state index < -0.39 is 0 Å². The van der Waals surface area contributed by atoms with Crippen LogP contribution in [0.15, 0.2) is 35.7 Å². The second-order valence-electron chi connectivity index (χ2n) is 4.35. The first-order valence-electron chi connectivity index (χ1n) is 6.45. The maximum absolute atomic E-state index is 11.9. The summed E-state index contributed by atoms with van der Waals surface area (Å²) in [6, 6.07) is 9.24. The van der Waals surface area contributed by atoms with Gasteiger partial charge in [-0.3, -0.25) is 4.79 Å². The Labute approximate surface area is 133 Å². The van der Waals surface area contributed by atoms with E-state index in [4.69, 9.17) is 17.3 Å². The van der Waals surface area contributed by atoms with Gasteiger partial charge in [-0.05, 0) is 29.1 Å². The van der Waals surface area contributed by atoms with Crippen LogP contribution >= 0.6 is 22.9 Å². The van der Waals surface area contributed by atoms with Crippen LogP contribution in [0.25, 0.3) is 0 Å². The van der Waals surface area contributed by atoms with E-state index in [1.165, 1.54) is 0 Å². The van der Waals surface area contributed by atoms with Crippen LogP contribution in [-0.2, 0) is 17.8 Å². The van der Waals surface area contributed by atoms with Crippen molar-refractivity contribution in [3.05, 3.63) is 56.7 Å². The average molecular weight is 319 g/mol. The molecule has 0 aliphatic heterocycles. The van der Waals surface area contributed by atoms with Crippen molar-refractivity contribution < 1.29 is 4.79 Å². The van der Waals surface area contributed by atoms with Crippen LogP contribution in [0.3, 0.4) is 0 Å². The van der Waals surface area contributed by atoms with Crippen LogP contribution < -0.4 is 11.1 Å². The summed E-state index contributed by atoms with van der Waals surface area (Å²) >= 11 is 7.47. The number of carbonyl (C=O) groups excluding carboxylic acids is 1. The van der Waals surface area contributed by atoms with E-state index in [-0.39, 0.29) is 5.91 Å². The molecular formula is C16H15ClN2OS. The number of nitrogens with two attached hydrogens (primary N) is 1. The molecular weight excluding hydrogens is 304 g/mol. The first kappa shape index (κ1) is 15.6. The van der Waals surface area contributed by atoms with E-state index in [0.29, 0.717) is 24.5 Å².